The quantitative estimate of drug-likeness (QED) is 0.720. The summed E-state index contributed by atoms with van der Waals surface area (Å²) in [4.78, 5) is 23.5. The maximum atomic E-state index is 12.3. The van der Waals surface area contributed by atoms with Crippen molar-refractivity contribution in [2.24, 2.45) is 11.8 Å². The lowest BCUT2D eigenvalue weighted by atomic mass is 9.85. The number of halogens is 1. The maximum Gasteiger partial charge on any atom is 0.224 e. The fourth-order valence-electron chi connectivity index (χ4n) is 3.10. The Morgan fingerprint density at radius 1 is 1.36 bits per heavy atom. The Morgan fingerprint density at radius 2 is 2.12 bits per heavy atom. The Morgan fingerprint density at radius 3 is 2.72 bits per heavy atom. The molecule has 140 valence electrons. The fourth-order valence-corrected chi connectivity index (χ4v) is 3.10. The number of anilines is 2. The number of hydrogen-bond donors (Lipinski definition) is 3. The molecule has 2 unspecified atom stereocenters. The van der Waals surface area contributed by atoms with Gasteiger partial charge >= 0.3 is 0 Å². The minimum absolute atomic E-state index is 0. The molecule has 1 aliphatic heterocycles. The molecule has 6 nitrogen and oxygen atoms in total. The molecule has 7 heteroatoms. The van der Waals surface area contributed by atoms with Crippen molar-refractivity contribution in [3.8, 4) is 5.75 Å². The highest BCUT2D eigenvalue weighted by Gasteiger charge is 2.22. The topological polar surface area (TPSA) is 79.5 Å². The van der Waals surface area contributed by atoms with Crippen molar-refractivity contribution in [3.05, 3.63) is 18.2 Å². The molecule has 1 aromatic carbocycles. The van der Waals surface area contributed by atoms with Crippen molar-refractivity contribution < 1.29 is 14.3 Å². The van der Waals surface area contributed by atoms with E-state index in [0.29, 0.717) is 35.4 Å². The first-order valence-electron chi connectivity index (χ1n) is 8.45. The summed E-state index contributed by atoms with van der Waals surface area (Å²) in [5, 5.41) is 9.00. The zero-order valence-electron chi connectivity index (χ0n) is 15.1. The third-order valence-electron chi connectivity index (χ3n) is 4.44. The van der Waals surface area contributed by atoms with Crippen molar-refractivity contribution in [1.82, 2.24) is 5.32 Å². The molecule has 0 radical (unpaired) electrons. The van der Waals surface area contributed by atoms with Crippen molar-refractivity contribution >= 4 is 35.6 Å². The number of methoxy groups -OCH3 is 1. The second-order valence-electron chi connectivity index (χ2n) is 6.43. The predicted octanol–water partition coefficient (Wildman–Crippen LogP) is 3.04. The van der Waals surface area contributed by atoms with Crippen molar-refractivity contribution in [3.63, 3.8) is 0 Å². The number of carbonyl (C=O) groups is 2. The second kappa shape index (κ2) is 10.3. The van der Waals surface area contributed by atoms with Gasteiger partial charge in [0.1, 0.15) is 5.75 Å². The Bertz CT molecular complexity index is 589. The zero-order valence-corrected chi connectivity index (χ0v) is 15.9. The average molecular weight is 370 g/mol. The highest BCUT2D eigenvalue weighted by molar-refractivity contribution is 5.93. The van der Waals surface area contributed by atoms with Gasteiger partial charge in [-0.25, -0.2) is 0 Å². The van der Waals surface area contributed by atoms with Gasteiger partial charge in [0.15, 0.2) is 0 Å². The Kier molecular flexibility index (Phi) is 8.72. The van der Waals surface area contributed by atoms with E-state index in [1.165, 1.54) is 26.9 Å². The molecule has 0 aliphatic carbocycles. The van der Waals surface area contributed by atoms with Gasteiger partial charge in [0.2, 0.25) is 11.8 Å². The van der Waals surface area contributed by atoms with Crippen LogP contribution in [0.25, 0.3) is 0 Å². The van der Waals surface area contributed by atoms with Gasteiger partial charge in [-0.05, 0) is 49.9 Å². The summed E-state index contributed by atoms with van der Waals surface area (Å²) in [6, 6.07) is 5.21. The molecule has 1 aliphatic rings. The number of ether oxygens (including phenoxy) is 1. The van der Waals surface area contributed by atoms with Crippen LogP contribution < -0.4 is 20.7 Å². The largest absolute Gasteiger partial charge is 0.494 e. The normalized spacial score (nSPS) is 17.8. The zero-order chi connectivity index (χ0) is 17.5. The predicted molar refractivity (Wildman–Crippen MR) is 103 cm³/mol. The van der Waals surface area contributed by atoms with Gasteiger partial charge in [-0.3, -0.25) is 9.59 Å². The summed E-state index contributed by atoms with van der Waals surface area (Å²) in [6.07, 6.45) is 2.86. The van der Waals surface area contributed by atoms with Crippen molar-refractivity contribution in [2.75, 3.05) is 30.8 Å². The number of piperidine rings is 1. The molecule has 2 rings (SSSR count). The molecule has 2 atom stereocenters. The van der Waals surface area contributed by atoms with E-state index in [1.807, 2.05) is 0 Å². The fraction of sp³-hybridized carbons (Fsp3) is 0.556. The highest BCUT2D eigenvalue weighted by atomic mass is 35.5. The standard InChI is InChI=1S/C18H27N3O3.ClH/c1-12(14-5-4-8-19-11-14)9-18(23)21-15-6-7-16(20-13(2)22)17(10-15)24-3;/h6-7,10,12,14,19H,4-5,8-9,11H2,1-3H3,(H,20,22)(H,21,23);1H. The molecule has 0 aromatic heterocycles. The lowest BCUT2D eigenvalue weighted by Gasteiger charge is -2.28. The number of rotatable bonds is 6. The molecule has 1 saturated heterocycles. The number of hydrogen-bond acceptors (Lipinski definition) is 4. The summed E-state index contributed by atoms with van der Waals surface area (Å²) in [5.41, 5.74) is 1.25. The van der Waals surface area contributed by atoms with Crippen LogP contribution in [0, 0.1) is 11.8 Å². The van der Waals surface area contributed by atoms with E-state index in [2.05, 4.69) is 22.9 Å². The van der Waals surface area contributed by atoms with Gasteiger partial charge in [-0.1, -0.05) is 6.92 Å². The molecular formula is C18H28ClN3O3. The summed E-state index contributed by atoms with van der Waals surface area (Å²) >= 11 is 0. The van der Waals surface area contributed by atoms with Gasteiger partial charge in [0.05, 0.1) is 12.8 Å². The summed E-state index contributed by atoms with van der Waals surface area (Å²) in [5.74, 6) is 1.26. The molecule has 3 N–H and O–H groups in total. The highest BCUT2D eigenvalue weighted by Crippen LogP contribution is 2.28. The van der Waals surface area contributed by atoms with E-state index >= 15 is 0 Å². The lowest BCUT2D eigenvalue weighted by molar-refractivity contribution is -0.117. The van der Waals surface area contributed by atoms with Crippen LogP contribution in [0.2, 0.25) is 0 Å². The van der Waals surface area contributed by atoms with E-state index in [4.69, 9.17) is 4.74 Å². The molecule has 1 aromatic rings. The molecule has 0 bridgehead atoms. The third kappa shape index (κ3) is 6.55. The van der Waals surface area contributed by atoms with E-state index < -0.39 is 0 Å². The van der Waals surface area contributed by atoms with Crippen LogP contribution in [-0.4, -0.2) is 32.0 Å². The molecule has 1 fully saturated rings. The van der Waals surface area contributed by atoms with Crippen LogP contribution in [0.1, 0.15) is 33.1 Å². The van der Waals surface area contributed by atoms with Crippen molar-refractivity contribution in [2.45, 2.75) is 33.1 Å². The van der Waals surface area contributed by atoms with Crippen LogP contribution in [0.3, 0.4) is 0 Å². The first-order chi connectivity index (χ1) is 11.5. The van der Waals surface area contributed by atoms with Crippen molar-refractivity contribution in [1.29, 1.82) is 0 Å². The van der Waals surface area contributed by atoms with Crippen LogP contribution in [-0.2, 0) is 9.59 Å². The number of carbonyl (C=O) groups excluding carboxylic acids is 2. The second-order valence-corrected chi connectivity index (χ2v) is 6.43. The van der Waals surface area contributed by atoms with Crippen LogP contribution in [0.4, 0.5) is 11.4 Å². The minimum Gasteiger partial charge on any atom is -0.494 e. The Labute approximate surface area is 155 Å². The van der Waals surface area contributed by atoms with Gasteiger partial charge in [0, 0.05) is 25.1 Å². The van der Waals surface area contributed by atoms with E-state index in [0.717, 1.165) is 13.1 Å². The molecule has 2 amide bonds. The van der Waals surface area contributed by atoms with Gasteiger partial charge in [0.25, 0.3) is 0 Å². The average Bonchev–Trinajstić information content (AvgIpc) is 2.56. The van der Waals surface area contributed by atoms with Gasteiger partial charge in [-0.15, -0.1) is 12.4 Å². The monoisotopic (exact) mass is 369 g/mol. The molecule has 1 heterocycles. The summed E-state index contributed by atoms with van der Waals surface area (Å²) < 4.78 is 5.27. The third-order valence-corrected chi connectivity index (χ3v) is 4.44. The maximum absolute atomic E-state index is 12.3. The van der Waals surface area contributed by atoms with Gasteiger partial charge in [-0.2, -0.15) is 0 Å². The number of nitrogens with one attached hydrogen (secondary N) is 3. The SMILES string of the molecule is COc1cc(NC(=O)CC(C)C2CCCNC2)ccc1NC(C)=O.Cl. The van der Waals surface area contributed by atoms with Crippen LogP contribution >= 0.6 is 12.4 Å². The van der Waals surface area contributed by atoms with Crippen LogP contribution in [0.15, 0.2) is 18.2 Å². The molecule has 0 saturated carbocycles. The smallest absolute Gasteiger partial charge is 0.224 e. The first kappa shape index (κ1) is 21.3. The Balaban J connectivity index is 0.00000312. The summed E-state index contributed by atoms with van der Waals surface area (Å²) in [7, 11) is 1.53. The minimum atomic E-state index is -0.167. The first-order valence-corrected chi connectivity index (χ1v) is 8.45. The van der Waals surface area contributed by atoms with Crippen LogP contribution in [0.5, 0.6) is 5.75 Å². The van der Waals surface area contributed by atoms with E-state index in [9.17, 15) is 9.59 Å². The molecule has 0 spiro atoms. The van der Waals surface area contributed by atoms with Gasteiger partial charge < -0.3 is 20.7 Å². The number of benzene rings is 1. The number of amides is 2. The van der Waals surface area contributed by atoms with E-state index in [1.54, 1.807) is 18.2 Å². The summed E-state index contributed by atoms with van der Waals surface area (Å²) in [6.45, 7) is 5.65. The van der Waals surface area contributed by atoms with E-state index in [-0.39, 0.29) is 24.2 Å². The molecular weight excluding hydrogens is 342 g/mol. The lowest BCUT2D eigenvalue weighted by Crippen LogP contribution is -2.34. The Hall–Kier alpha value is -1.79. The molecule has 25 heavy (non-hydrogen) atoms.